The number of nitrogens with one attached hydrogen (secondary N) is 3. The molecule has 8 heteroatoms. The van der Waals surface area contributed by atoms with Gasteiger partial charge in [0.2, 0.25) is 0 Å². The third-order valence-corrected chi connectivity index (χ3v) is 5.03. The number of hydrogen-bond donors (Lipinski definition) is 3. The van der Waals surface area contributed by atoms with Crippen LogP contribution in [0.25, 0.3) is 0 Å². The van der Waals surface area contributed by atoms with Crippen LogP contribution in [0.2, 0.25) is 0 Å². The van der Waals surface area contributed by atoms with Gasteiger partial charge >= 0.3 is 6.03 Å². The Morgan fingerprint density at radius 2 is 1.94 bits per heavy atom. The Bertz CT molecular complexity index is 915. The molecule has 0 bridgehead atoms. The summed E-state index contributed by atoms with van der Waals surface area (Å²) < 4.78 is 19.1. The van der Waals surface area contributed by atoms with Gasteiger partial charge in [-0.05, 0) is 56.5 Å². The lowest BCUT2D eigenvalue weighted by molar-refractivity contribution is 0.222. The lowest BCUT2D eigenvalue weighted by atomic mass is 10.2. The quantitative estimate of drug-likeness (QED) is 0.428. The molecule has 1 fully saturated rings. The van der Waals surface area contributed by atoms with Gasteiger partial charge in [0.1, 0.15) is 17.7 Å². The number of likely N-dealkylation sites (tertiary alicyclic amines) is 1. The van der Waals surface area contributed by atoms with Crippen molar-refractivity contribution in [1.82, 2.24) is 15.5 Å². The average Bonchev–Trinajstić information content (AvgIpc) is 3.31. The monoisotopic (exact) mass is 441 g/mol. The summed E-state index contributed by atoms with van der Waals surface area (Å²) in [6, 6.07) is 13.8. The predicted octanol–water partition coefficient (Wildman–Crippen LogP) is 3.98. The first-order chi connectivity index (χ1) is 15.5. The number of carbonyl (C=O) groups excluding carboxylic acids is 1. The maximum Gasteiger partial charge on any atom is 0.321 e. The standard InChI is InChI=1S/C24H32FN5O2/c1-3-26-23(27-16-18(2)32-22-11-7-9-20(25)15-22)28-17-19-8-6-10-21(14-19)29-24(31)30-12-4-5-13-30/h6-11,14-15,18H,3-5,12-13,16-17H2,1-2H3,(H,29,31)(H2,26,27,28). The molecule has 32 heavy (non-hydrogen) atoms. The number of ether oxygens (including phenoxy) is 1. The Hall–Kier alpha value is -3.29. The normalized spacial score (nSPS) is 14.7. The smallest absolute Gasteiger partial charge is 0.321 e. The topological polar surface area (TPSA) is 78.0 Å². The number of benzene rings is 2. The number of anilines is 1. The summed E-state index contributed by atoms with van der Waals surface area (Å²) >= 11 is 0. The third-order valence-electron chi connectivity index (χ3n) is 5.03. The van der Waals surface area contributed by atoms with Crippen molar-refractivity contribution in [1.29, 1.82) is 0 Å². The molecule has 2 amide bonds. The van der Waals surface area contributed by atoms with E-state index in [1.165, 1.54) is 12.1 Å². The molecule has 1 aliphatic heterocycles. The molecule has 0 spiro atoms. The van der Waals surface area contributed by atoms with Crippen molar-refractivity contribution in [3.05, 3.63) is 59.9 Å². The second-order valence-electron chi connectivity index (χ2n) is 7.79. The minimum absolute atomic E-state index is 0.0505. The second-order valence-corrected chi connectivity index (χ2v) is 7.79. The first-order valence-corrected chi connectivity index (χ1v) is 11.1. The van der Waals surface area contributed by atoms with Crippen molar-refractivity contribution in [3.63, 3.8) is 0 Å². The zero-order valence-electron chi connectivity index (χ0n) is 18.7. The molecule has 3 N–H and O–H groups in total. The van der Waals surface area contributed by atoms with Crippen LogP contribution >= 0.6 is 0 Å². The molecule has 0 saturated carbocycles. The number of hydrogen-bond acceptors (Lipinski definition) is 3. The molecule has 0 aliphatic carbocycles. The number of carbonyl (C=O) groups is 1. The Kier molecular flexibility index (Phi) is 8.71. The van der Waals surface area contributed by atoms with E-state index < -0.39 is 0 Å². The van der Waals surface area contributed by atoms with Crippen molar-refractivity contribution in [2.75, 3.05) is 31.5 Å². The summed E-state index contributed by atoms with van der Waals surface area (Å²) in [5.74, 6) is 0.833. The van der Waals surface area contributed by atoms with Crippen LogP contribution in [0.15, 0.2) is 53.5 Å². The maximum absolute atomic E-state index is 13.3. The summed E-state index contributed by atoms with van der Waals surface area (Å²) in [6.07, 6.45) is 1.95. The zero-order valence-corrected chi connectivity index (χ0v) is 18.7. The molecule has 1 unspecified atom stereocenters. The molecule has 1 heterocycles. The van der Waals surface area contributed by atoms with Crippen LogP contribution in [0.5, 0.6) is 5.75 Å². The summed E-state index contributed by atoms with van der Waals surface area (Å²) in [5, 5.41) is 9.43. The van der Waals surface area contributed by atoms with E-state index in [4.69, 9.17) is 4.74 Å². The third kappa shape index (κ3) is 7.44. The highest BCUT2D eigenvalue weighted by Gasteiger charge is 2.17. The fraction of sp³-hybridized carbons (Fsp3) is 0.417. The van der Waals surface area contributed by atoms with Gasteiger partial charge < -0.3 is 25.6 Å². The largest absolute Gasteiger partial charge is 0.489 e. The van der Waals surface area contributed by atoms with E-state index >= 15 is 0 Å². The van der Waals surface area contributed by atoms with E-state index in [1.54, 1.807) is 12.1 Å². The van der Waals surface area contributed by atoms with Crippen LogP contribution in [-0.4, -0.2) is 49.2 Å². The molecule has 2 aromatic carbocycles. The fourth-order valence-corrected chi connectivity index (χ4v) is 3.44. The molecule has 0 aromatic heterocycles. The molecule has 1 aliphatic rings. The number of urea groups is 1. The van der Waals surface area contributed by atoms with E-state index in [1.807, 2.05) is 43.0 Å². The van der Waals surface area contributed by atoms with Gasteiger partial charge in [-0.25, -0.2) is 14.2 Å². The summed E-state index contributed by atoms with van der Waals surface area (Å²) in [6.45, 7) is 7.23. The van der Waals surface area contributed by atoms with E-state index in [2.05, 4.69) is 20.9 Å². The van der Waals surface area contributed by atoms with E-state index in [0.29, 0.717) is 24.8 Å². The lowest BCUT2D eigenvalue weighted by Crippen LogP contribution is -2.41. The summed E-state index contributed by atoms with van der Waals surface area (Å²) in [7, 11) is 0. The number of aliphatic imine (C=N–C) groups is 1. The molecule has 1 saturated heterocycles. The van der Waals surface area contributed by atoms with E-state index in [-0.39, 0.29) is 18.0 Å². The predicted molar refractivity (Wildman–Crippen MR) is 126 cm³/mol. The van der Waals surface area contributed by atoms with Crippen molar-refractivity contribution in [2.45, 2.75) is 39.3 Å². The van der Waals surface area contributed by atoms with Crippen LogP contribution in [0, 0.1) is 5.82 Å². The highest BCUT2D eigenvalue weighted by Crippen LogP contribution is 2.15. The van der Waals surface area contributed by atoms with Crippen molar-refractivity contribution < 1.29 is 13.9 Å². The Morgan fingerprint density at radius 3 is 2.69 bits per heavy atom. The van der Waals surface area contributed by atoms with Gasteiger partial charge in [-0.3, -0.25) is 0 Å². The van der Waals surface area contributed by atoms with Gasteiger partial charge in [0, 0.05) is 31.4 Å². The molecular weight excluding hydrogens is 409 g/mol. The SMILES string of the molecule is CCNC(=NCc1cccc(NC(=O)N2CCCC2)c1)NCC(C)Oc1cccc(F)c1. The van der Waals surface area contributed by atoms with E-state index in [0.717, 1.165) is 43.7 Å². The molecule has 7 nitrogen and oxygen atoms in total. The zero-order chi connectivity index (χ0) is 22.8. The van der Waals surface area contributed by atoms with Gasteiger partial charge in [0.25, 0.3) is 0 Å². The first-order valence-electron chi connectivity index (χ1n) is 11.1. The number of rotatable bonds is 8. The Balaban J connectivity index is 1.53. The van der Waals surface area contributed by atoms with Crippen LogP contribution in [-0.2, 0) is 6.54 Å². The lowest BCUT2D eigenvalue weighted by Gasteiger charge is -2.18. The van der Waals surface area contributed by atoms with Crippen LogP contribution in [0.1, 0.15) is 32.3 Å². The highest BCUT2D eigenvalue weighted by atomic mass is 19.1. The van der Waals surface area contributed by atoms with Crippen LogP contribution in [0.3, 0.4) is 0 Å². The Labute approximate surface area is 189 Å². The average molecular weight is 442 g/mol. The molecule has 172 valence electrons. The van der Waals surface area contributed by atoms with Crippen molar-refractivity contribution in [2.24, 2.45) is 4.99 Å². The summed E-state index contributed by atoms with van der Waals surface area (Å²) in [5.41, 5.74) is 1.76. The van der Waals surface area contributed by atoms with Gasteiger partial charge in [-0.1, -0.05) is 18.2 Å². The van der Waals surface area contributed by atoms with E-state index in [9.17, 15) is 9.18 Å². The molecule has 0 radical (unpaired) electrons. The number of amides is 2. The molecular formula is C24H32FN5O2. The maximum atomic E-state index is 13.3. The van der Waals surface area contributed by atoms with Gasteiger partial charge in [0.05, 0.1) is 13.1 Å². The van der Waals surface area contributed by atoms with Crippen molar-refractivity contribution >= 4 is 17.7 Å². The van der Waals surface area contributed by atoms with Crippen molar-refractivity contribution in [3.8, 4) is 5.75 Å². The van der Waals surface area contributed by atoms with Gasteiger partial charge in [0.15, 0.2) is 5.96 Å². The van der Waals surface area contributed by atoms with Gasteiger partial charge in [-0.2, -0.15) is 0 Å². The first kappa shape index (κ1) is 23.4. The molecule has 3 rings (SSSR count). The minimum Gasteiger partial charge on any atom is -0.489 e. The Morgan fingerprint density at radius 1 is 1.16 bits per heavy atom. The summed E-state index contributed by atoms with van der Waals surface area (Å²) in [4.78, 5) is 18.8. The second kappa shape index (κ2) is 11.9. The highest BCUT2D eigenvalue weighted by molar-refractivity contribution is 5.89. The fourth-order valence-electron chi connectivity index (χ4n) is 3.44. The minimum atomic E-state index is -0.323. The molecule has 2 aromatic rings. The van der Waals surface area contributed by atoms with Crippen LogP contribution < -0.4 is 20.7 Å². The van der Waals surface area contributed by atoms with Crippen LogP contribution in [0.4, 0.5) is 14.9 Å². The van der Waals surface area contributed by atoms with Gasteiger partial charge in [-0.15, -0.1) is 0 Å². The number of halogens is 1. The number of nitrogens with zero attached hydrogens (tertiary/aromatic N) is 2. The number of guanidine groups is 1. The molecule has 1 atom stereocenters.